The van der Waals surface area contributed by atoms with Crippen molar-refractivity contribution in [1.82, 2.24) is 9.88 Å². The average molecular weight is 301 g/mol. The first-order valence-corrected chi connectivity index (χ1v) is 8.19. The number of rotatable bonds is 6. The summed E-state index contributed by atoms with van der Waals surface area (Å²) >= 11 is 1.70. The van der Waals surface area contributed by atoms with Crippen LogP contribution in [-0.2, 0) is 6.54 Å². The largest absolute Gasteiger partial charge is 0.370 e. The van der Waals surface area contributed by atoms with E-state index in [1.54, 1.807) is 17.5 Å². The first kappa shape index (κ1) is 14.1. The predicted octanol–water partition coefficient (Wildman–Crippen LogP) is 3.38. The van der Waals surface area contributed by atoms with Gasteiger partial charge >= 0.3 is 0 Å². The monoisotopic (exact) mass is 301 g/mol. The summed E-state index contributed by atoms with van der Waals surface area (Å²) in [6.45, 7) is 3.56. The van der Waals surface area contributed by atoms with Gasteiger partial charge in [0, 0.05) is 23.7 Å². The van der Waals surface area contributed by atoms with Crippen LogP contribution < -0.4 is 5.32 Å². The van der Waals surface area contributed by atoms with Crippen LogP contribution in [0.2, 0.25) is 0 Å². The van der Waals surface area contributed by atoms with Gasteiger partial charge in [0.15, 0.2) is 0 Å². The minimum absolute atomic E-state index is 0.0847. The number of nitrogens with one attached hydrogen (secondary N) is 1. The molecule has 5 heteroatoms. The molecule has 2 aromatic heterocycles. The van der Waals surface area contributed by atoms with Gasteiger partial charge in [-0.1, -0.05) is 6.07 Å². The number of hydrogen-bond acceptors (Lipinski definition) is 4. The predicted molar refractivity (Wildman–Crippen MR) is 85.6 cm³/mol. The van der Waals surface area contributed by atoms with Gasteiger partial charge in [-0.25, -0.2) is 4.98 Å². The Balaban J connectivity index is 1.74. The zero-order chi connectivity index (χ0) is 14.7. The van der Waals surface area contributed by atoms with E-state index in [0.717, 1.165) is 25.2 Å². The van der Waals surface area contributed by atoms with Gasteiger partial charge in [-0.15, -0.1) is 11.3 Å². The minimum Gasteiger partial charge on any atom is -0.370 e. The molecule has 21 heavy (non-hydrogen) atoms. The molecular weight excluding hydrogens is 282 g/mol. The molecule has 1 aliphatic carbocycles. The van der Waals surface area contributed by atoms with Crippen LogP contribution in [0.3, 0.4) is 0 Å². The second kappa shape index (κ2) is 6.26. The normalized spacial score (nSPS) is 14.0. The SMILES string of the molecule is CCNc1ccc(C(=O)N(Cc2cccs2)C2CC2)cn1. The van der Waals surface area contributed by atoms with Gasteiger partial charge in [0.05, 0.1) is 12.1 Å². The Labute approximate surface area is 128 Å². The van der Waals surface area contributed by atoms with E-state index in [2.05, 4.69) is 21.7 Å². The summed E-state index contributed by atoms with van der Waals surface area (Å²) in [6, 6.07) is 8.24. The highest BCUT2D eigenvalue weighted by molar-refractivity contribution is 7.09. The number of pyridine rings is 1. The molecule has 3 rings (SSSR count). The molecule has 1 N–H and O–H groups in total. The number of nitrogens with zero attached hydrogens (tertiary/aromatic N) is 2. The fraction of sp³-hybridized carbons (Fsp3) is 0.375. The molecule has 2 aromatic rings. The average Bonchev–Trinajstić information content (AvgIpc) is 3.22. The van der Waals surface area contributed by atoms with Crippen molar-refractivity contribution in [3.63, 3.8) is 0 Å². The molecule has 1 fully saturated rings. The van der Waals surface area contributed by atoms with E-state index in [9.17, 15) is 4.79 Å². The standard InChI is InChI=1S/C16H19N3OS/c1-2-17-15-8-5-12(10-18-15)16(20)19(13-6-7-13)11-14-4-3-9-21-14/h3-5,8-10,13H,2,6-7,11H2,1H3,(H,17,18). The van der Waals surface area contributed by atoms with Crippen molar-refractivity contribution >= 4 is 23.1 Å². The van der Waals surface area contributed by atoms with Gasteiger partial charge in [-0.3, -0.25) is 4.79 Å². The number of anilines is 1. The van der Waals surface area contributed by atoms with Crippen LogP contribution in [0.15, 0.2) is 35.8 Å². The zero-order valence-electron chi connectivity index (χ0n) is 12.1. The number of aromatic nitrogens is 1. The Bertz CT molecular complexity index is 590. The van der Waals surface area contributed by atoms with Crippen LogP contribution in [-0.4, -0.2) is 28.4 Å². The molecule has 0 bridgehead atoms. The maximum Gasteiger partial charge on any atom is 0.255 e. The van der Waals surface area contributed by atoms with Crippen molar-refractivity contribution < 1.29 is 4.79 Å². The Morgan fingerprint density at radius 2 is 2.29 bits per heavy atom. The van der Waals surface area contributed by atoms with E-state index in [1.807, 2.05) is 30.0 Å². The van der Waals surface area contributed by atoms with E-state index >= 15 is 0 Å². The Kier molecular flexibility index (Phi) is 4.20. The highest BCUT2D eigenvalue weighted by atomic mass is 32.1. The lowest BCUT2D eigenvalue weighted by atomic mass is 10.2. The summed E-state index contributed by atoms with van der Waals surface area (Å²) in [5.41, 5.74) is 0.667. The summed E-state index contributed by atoms with van der Waals surface area (Å²) in [6.07, 6.45) is 3.89. The molecule has 1 aliphatic rings. The summed E-state index contributed by atoms with van der Waals surface area (Å²) in [7, 11) is 0. The number of hydrogen-bond donors (Lipinski definition) is 1. The highest BCUT2D eigenvalue weighted by Gasteiger charge is 2.33. The van der Waals surface area contributed by atoms with Crippen molar-refractivity contribution in [2.45, 2.75) is 32.4 Å². The van der Waals surface area contributed by atoms with Crippen molar-refractivity contribution in [2.75, 3.05) is 11.9 Å². The second-order valence-electron chi connectivity index (χ2n) is 5.21. The van der Waals surface area contributed by atoms with Crippen LogP contribution in [0.5, 0.6) is 0 Å². The van der Waals surface area contributed by atoms with Crippen molar-refractivity contribution in [3.8, 4) is 0 Å². The Morgan fingerprint density at radius 3 is 2.86 bits per heavy atom. The third-order valence-corrected chi connectivity index (χ3v) is 4.38. The van der Waals surface area contributed by atoms with Crippen LogP contribution in [0.1, 0.15) is 35.0 Å². The molecule has 0 aliphatic heterocycles. The summed E-state index contributed by atoms with van der Waals surface area (Å²) < 4.78 is 0. The quantitative estimate of drug-likeness (QED) is 0.889. The van der Waals surface area contributed by atoms with E-state index in [1.165, 1.54) is 4.88 Å². The topological polar surface area (TPSA) is 45.2 Å². The van der Waals surface area contributed by atoms with Crippen LogP contribution in [0, 0.1) is 0 Å². The second-order valence-corrected chi connectivity index (χ2v) is 6.24. The number of carbonyl (C=O) groups excluding carboxylic acids is 1. The van der Waals surface area contributed by atoms with Crippen LogP contribution in [0.4, 0.5) is 5.82 Å². The number of thiophene rings is 1. The lowest BCUT2D eigenvalue weighted by Crippen LogP contribution is -2.32. The van der Waals surface area contributed by atoms with Gasteiger partial charge in [-0.2, -0.15) is 0 Å². The fourth-order valence-electron chi connectivity index (χ4n) is 2.30. The minimum atomic E-state index is 0.0847. The molecule has 0 aromatic carbocycles. The molecule has 1 saturated carbocycles. The molecule has 0 atom stereocenters. The molecule has 0 radical (unpaired) electrons. The van der Waals surface area contributed by atoms with Gasteiger partial charge in [0.1, 0.15) is 5.82 Å². The van der Waals surface area contributed by atoms with E-state index in [4.69, 9.17) is 0 Å². The molecule has 1 amide bonds. The van der Waals surface area contributed by atoms with E-state index < -0.39 is 0 Å². The number of carbonyl (C=O) groups is 1. The first-order chi connectivity index (χ1) is 10.3. The van der Waals surface area contributed by atoms with Gasteiger partial charge in [-0.05, 0) is 43.3 Å². The molecule has 2 heterocycles. The van der Waals surface area contributed by atoms with E-state index in [-0.39, 0.29) is 5.91 Å². The maximum atomic E-state index is 12.7. The number of amides is 1. The fourth-order valence-corrected chi connectivity index (χ4v) is 3.00. The zero-order valence-corrected chi connectivity index (χ0v) is 12.9. The van der Waals surface area contributed by atoms with Gasteiger partial charge in [0.25, 0.3) is 5.91 Å². The lowest BCUT2D eigenvalue weighted by Gasteiger charge is -2.21. The van der Waals surface area contributed by atoms with Gasteiger partial charge in [0.2, 0.25) is 0 Å². The summed E-state index contributed by atoms with van der Waals surface area (Å²) in [5, 5.41) is 5.19. The lowest BCUT2D eigenvalue weighted by molar-refractivity contribution is 0.0731. The third kappa shape index (κ3) is 3.42. The molecule has 110 valence electrons. The van der Waals surface area contributed by atoms with E-state index in [0.29, 0.717) is 18.2 Å². The first-order valence-electron chi connectivity index (χ1n) is 7.31. The van der Waals surface area contributed by atoms with Crippen molar-refractivity contribution in [1.29, 1.82) is 0 Å². The summed E-state index contributed by atoms with van der Waals surface area (Å²) in [4.78, 5) is 20.2. The van der Waals surface area contributed by atoms with Crippen molar-refractivity contribution in [3.05, 3.63) is 46.3 Å². The van der Waals surface area contributed by atoms with Crippen molar-refractivity contribution in [2.24, 2.45) is 0 Å². The smallest absolute Gasteiger partial charge is 0.255 e. The third-order valence-electron chi connectivity index (χ3n) is 3.52. The molecular formula is C16H19N3OS. The molecule has 0 saturated heterocycles. The van der Waals surface area contributed by atoms with Crippen LogP contribution >= 0.6 is 11.3 Å². The van der Waals surface area contributed by atoms with Gasteiger partial charge < -0.3 is 10.2 Å². The highest BCUT2D eigenvalue weighted by Crippen LogP contribution is 2.30. The Hall–Kier alpha value is -1.88. The summed E-state index contributed by atoms with van der Waals surface area (Å²) in [5.74, 6) is 0.895. The molecule has 0 unspecified atom stereocenters. The molecule has 0 spiro atoms. The Morgan fingerprint density at radius 1 is 1.43 bits per heavy atom. The maximum absolute atomic E-state index is 12.7. The molecule has 4 nitrogen and oxygen atoms in total. The van der Waals surface area contributed by atoms with Crippen LogP contribution in [0.25, 0.3) is 0 Å².